The maximum Gasteiger partial charge on any atom is 0.232 e. The molecule has 0 saturated carbocycles. The van der Waals surface area contributed by atoms with E-state index in [1.165, 1.54) is 5.56 Å². The molecular formula is C23H24N2O. The average molecular weight is 344 g/mol. The molecule has 3 heteroatoms. The quantitative estimate of drug-likeness (QED) is 0.692. The maximum absolute atomic E-state index is 13.1. The summed E-state index contributed by atoms with van der Waals surface area (Å²) in [5.74, 6) is 0.458. The molecule has 0 aliphatic heterocycles. The van der Waals surface area contributed by atoms with Crippen LogP contribution in [0.4, 0.5) is 5.82 Å². The number of aromatic nitrogens is 1. The number of pyridine rings is 1. The number of aryl methyl sites for hydroxylation is 1. The van der Waals surface area contributed by atoms with Gasteiger partial charge >= 0.3 is 0 Å². The lowest BCUT2D eigenvalue weighted by Crippen LogP contribution is -2.37. The molecule has 1 aromatic heterocycles. The lowest BCUT2D eigenvalue weighted by molar-refractivity contribution is -0.124. The third-order valence-corrected chi connectivity index (χ3v) is 4.76. The van der Waals surface area contributed by atoms with Gasteiger partial charge in [-0.05, 0) is 30.2 Å². The summed E-state index contributed by atoms with van der Waals surface area (Å²) in [7, 11) is 0. The lowest BCUT2D eigenvalue weighted by Gasteiger charge is -2.34. The van der Waals surface area contributed by atoms with Gasteiger partial charge in [0.2, 0.25) is 5.91 Å². The predicted molar refractivity (Wildman–Crippen MR) is 106 cm³/mol. The largest absolute Gasteiger partial charge is 0.310 e. The number of nitrogens with one attached hydrogen (secondary N) is 1. The number of hydrogen-bond donors (Lipinski definition) is 1. The van der Waals surface area contributed by atoms with E-state index in [9.17, 15) is 4.79 Å². The Morgan fingerprint density at radius 1 is 0.885 bits per heavy atom. The van der Waals surface area contributed by atoms with E-state index < -0.39 is 5.41 Å². The van der Waals surface area contributed by atoms with E-state index in [0.717, 1.165) is 11.1 Å². The monoisotopic (exact) mass is 344 g/mol. The molecule has 26 heavy (non-hydrogen) atoms. The number of amides is 1. The smallest absolute Gasteiger partial charge is 0.232 e. The lowest BCUT2D eigenvalue weighted by atomic mass is 9.70. The summed E-state index contributed by atoms with van der Waals surface area (Å²) in [5, 5.41) is 2.96. The van der Waals surface area contributed by atoms with E-state index in [4.69, 9.17) is 0 Å². The first-order chi connectivity index (χ1) is 12.5. The van der Waals surface area contributed by atoms with Crippen molar-refractivity contribution in [3.05, 3.63) is 95.7 Å². The van der Waals surface area contributed by atoms with Gasteiger partial charge in [0.1, 0.15) is 5.82 Å². The van der Waals surface area contributed by atoms with Crippen LogP contribution in [0.1, 0.15) is 36.5 Å². The zero-order valence-electron chi connectivity index (χ0n) is 15.4. The van der Waals surface area contributed by atoms with Crippen molar-refractivity contribution in [1.29, 1.82) is 0 Å². The second kappa shape index (κ2) is 7.52. The topological polar surface area (TPSA) is 42.0 Å². The first-order valence-corrected chi connectivity index (χ1v) is 8.82. The van der Waals surface area contributed by atoms with Crippen molar-refractivity contribution in [2.45, 2.75) is 26.7 Å². The molecule has 0 spiro atoms. The third kappa shape index (κ3) is 3.83. The van der Waals surface area contributed by atoms with Gasteiger partial charge in [-0.1, -0.05) is 80.1 Å². The van der Waals surface area contributed by atoms with E-state index in [-0.39, 0.29) is 11.8 Å². The van der Waals surface area contributed by atoms with Gasteiger partial charge in [-0.25, -0.2) is 4.98 Å². The van der Waals surface area contributed by atoms with E-state index in [2.05, 4.69) is 53.6 Å². The summed E-state index contributed by atoms with van der Waals surface area (Å²) in [6.45, 7) is 6.05. The Morgan fingerprint density at radius 3 is 2.12 bits per heavy atom. The zero-order chi connectivity index (χ0) is 18.6. The number of carbonyl (C=O) groups is 1. The Labute approximate surface area is 155 Å². The minimum Gasteiger partial charge on any atom is -0.310 e. The molecule has 0 radical (unpaired) electrons. The summed E-state index contributed by atoms with van der Waals surface area (Å²) in [6, 6.07) is 24.1. The molecule has 0 unspecified atom stereocenters. The number of carbonyl (C=O) groups excluding carboxylic acids is 1. The van der Waals surface area contributed by atoms with Crippen LogP contribution in [0.25, 0.3) is 0 Å². The van der Waals surface area contributed by atoms with Crippen LogP contribution in [0.15, 0.2) is 79.0 Å². The highest BCUT2D eigenvalue weighted by Gasteiger charge is 2.39. The van der Waals surface area contributed by atoms with Crippen molar-refractivity contribution in [3.63, 3.8) is 0 Å². The first kappa shape index (κ1) is 17.9. The van der Waals surface area contributed by atoms with Crippen LogP contribution >= 0.6 is 0 Å². The van der Waals surface area contributed by atoms with Gasteiger partial charge in [0.25, 0.3) is 0 Å². The summed E-state index contributed by atoms with van der Waals surface area (Å²) in [4.78, 5) is 17.4. The maximum atomic E-state index is 13.1. The van der Waals surface area contributed by atoms with Crippen molar-refractivity contribution >= 4 is 11.7 Å². The van der Waals surface area contributed by atoms with E-state index >= 15 is 0 Å². The van der Waals surface area contributed by atoms with Gasteiger partial charge in [0, 0.05) is 12.1 Å². The second-order valence-electron chi connectivity index (χ2n) is 7.15. The fraction of sp³-hybridized carbons (Fsp3) is 0.217. The van der Waals surface area contributed by atoms with Gasteiger partial charge in [-0.3, -0.25) is 4.79 Å². The molecule has 1 heterocycles. The molecule has 1 N–H and O–H groups in total. The Bertz CT molecular complexity index is 856. The molecule has 132 valence electrons. The van der Waals surface area contributed by atoms with E-state index in [1.54, 1.807) is 12.3 Å². The Morgan fingerprint density at radius 2 is 1.50 bits per heavy atom. The molecule has 3 rings (SSSR count). The standard InChI is InChI=1S/C23H24N2O/c1-17-12-14-19(15-13-17)21(18-9-5-4-6-10-18)23(2,3)22(26)25-20-11-7-8-16-24-20/h4-16,21H,1-3H3,(H,24,25,26)/t21-/m0/s1. The molecule has 1 amide bonds. The highest BCUT2D eigenvalue weighted by molar-refractivity contribution is 5.95. The molecule has 0 aliphatic rings. The average Bonchev–Trinajstić information content (AvgIpc) is 2.65. The predicted octanol–water partition coefficient (Wildman–Crippen LogP) is 5.19. The van der Waals surface area contributed by atoms with Crippen molar-refractivity contribution in [2.24, 2.45) is 5.41 Å². The third-order valence-electron chi connectivity index (χ3n) is 4.76. The summed E-state index contributed by atoms with van der Waals surface area (Å²) in [5.41, 5.74) is 2.80. The van der Waals surface area contributed by atoms with Crippen LogP contribution in [0.2, 0.25) is 0 Å². The summed E-state index contributed by atoms with van der Waals surface area (Å²) in [6.07, 6.45) is 1.68. The van der Waals surface area contributed by atoms with Crippen LogP contribution in [-0.4, -0.2) is 10.9 Å². The molecule has 3 aromatic rings. The van der Waals surface area contributed by atoms with Gasteiger partial charge in [0.05, 0.1) is 5.41 Å². The number of hydrogen-bond acceptors (Lipinski definition) is 2. The second-order valence-corrected chi connectivity index (χ2v) is 7.15. The molecule has 1 atom stereocenters. The Kier molecular flexibility index (Phi) is 5.17. The molecule has 2 aromatic carbocycles. The molecule has 0 saturated heterocycles. The fourth-order valence-corrected chi connectivity index (χ4v) is 3.28. The number of nitrogens with zero attached hydrogens (tertiary/aromatic N) is 1. The SMILES string of the molecule is Cc1ccc([C@H](c2ccccc2)C(C)(C)C(=O)Nc2ccccn2)cc1. The molecule has 0 fully saturated rings. The molecule has 3 nitrogen and oxygen atoms in total. The number of anilines is 1. The van der Waals surface area contributed by atoms with Crippen LogP contribution in [-0.2, 0) is 4.79 Å². The van der Waals surface area contributed by atoms with Crippen molar-refractivity contribution in [1.82, 2.24) is 4.98 Å². The highest BCUT2D eigenvalue weighted by atomic mass is 16.2. The van der Waals surface area contributed by atoms with Crippen LogP contribution in [0, 0.1) is 12.3 Å². The van der Waals surface area contributed by atoms with Crippen molar-refractivity contribution < 1.29 is 4.79 Å². The van der Waals surface area contributed by atoms with Gasteiger partial charge < -0.3 is 5.32 Å². The minimum atomic E-state index is -0.659. The zero-order valence-corrected chi connectivity index (χ0v) is 15.4. The van der Waals surface area contributed by atoms with Crippen molar-refractivity contribution in [3.8, 4) is 0 Å². The summed E-state index contributed by atoms with van der Waals surface area (Å²) < 4.78 is 0. The molecular weight excluding hydrogens is 320 g/mol. The van der Waals surface area contributed by atoms with Gasteiger partial charge in [0.15, 0.2) is 0 Å². The molecule has 0 bridgehead atoms. The first-order valence-electron chi connectivity index (χ1n) is 8.82. The molecule has 0 aliphatic carbocycles. The van der Waals surface area contributed by atoms with Crippen LogP contribution in [0.3, 0.4) is 0 Å². The number of benzene rings is 2. The minimum absolute atomic E-state index is 0.0503. The highest BCUT2D eigenvalue weighted by Crippen LogP contribution is 2.41. The Hall–Kier alpha value is -2.94. The normalized spacial score (nSPS) is 12.4. The van der Waals surface area contributed by atoms with E-state index in [0.29, 0.717) is 5.82 Å². The summed E-state index contributed by atoms with van der Waals surface area (Å²) >= 11 is 0. The van der Waals surface area contributed by atoms with Crippen molar-refractivity contribution in [2.75, 3.05) is 5.32 Å². The Balaban J connectivity index is 1.99. The van der Waals surface area contributed by atoms with Gasteiger partial charge in [-0.15, -0.1) is 0 Å². The van der Waals surface area contributed by atoms with E-state index in [1.807, 2.05) is 44.2 Å². The fourth-order valence-electron chi connectivity index (χ4n) is 3.28. The van der Waals surface area contributed by atoms with Crippen LogP contribution in [0.5, 0.6) is 0 Å². The van der Waals surface area contributed by atoms with Crippen LogP contribution < -0.4 is 5.32 Å². The number of rotatable bonds is 5. The van der Waals surface area contributed by atoms with Gasteiger partial charge in [-0.2, -0.15) is 0 Å².